The minimum Gasteiger partial charge on any atom is -0.466 e. The third-order valence-electron chi connectivity index (χ3n) is 5.51. The van der Waals surface area contributed by atoms with Crippen LogP contribution in [-0.2, 0) is 19.1 Å². The highest BCUT2D eigenvalue weighted by atomic mass is 79.9. The number of anilines is 1. The van der Waals surface area contributed by atoms with Crippen LogP contribution in [0.2, 0.25) is 0 Å². The molecule has 6 nitrogen and oxygen atoms in total. The largest absolute Gasteiger partial charge is 0.466 e. The van der Waals surface area contributed by atoms with Crippen LogP contribution in [0.5, 0.6) is 0 Å². The van der Waals surface area contributed by atoms with Gasteiger partial charge in [-0.2, -0.15) is 0 Å². The van der Waals surface area contributed by atoms with E-state index in [4.69, 9.17) is 9.47 Å². The Hall–Kier alpha value is -2.64. The van der Waals surface area contributed by atoms with Crippen LogP contribution in [0.3, 0.4) is 0 Å². The van der Waals surface area contributed by atoms with Crippen molar-refractivity contribution in [3.05, 3.63) is 75.9 Å². The van der Waals surface area contributed by atoms with Crippen LogP contribution in [-0.4, -0.2) is 35.9 Å². The zero-order valence-electron chi connectivity index (χ0n) is 18.4. The number of nitrogens with one attached hydrogen (secondary N) is 1. The Morgan fingerprint density at radius 3 is 2.28 bits per heavy atom. The smallest absolute Gasteiger partial charge is 0.336 e. The van der Waals surface area contributed by atoms with E-state index in [0.29, 0.717) is 11.3 Å². The maximum Gasteiger partial charge on any atom is 0.336 e. The Bertz CT molecular complexity index is 985. The Morgan fingerprint density at radius 1 is 1.06 bits per heavy atom. The van der Waals surface area contributed by atoms with Crippen LogP contribution >= 0.6 is 15.9 Å². The second-order valence-corrected chi connectivity index (χ2v) is 8.81. The third kappa shape index (κ3) is 5.22. The minimum absolute atomic E-state index is 0.0595. The Balaban J connectivity index is 2.21. The molecule has 0 heterocycles. The molecular weight excluding hydrogens is 474 g/mol. The lowest BCUT2D eigenvalue weighted by atomic mass is 9.66. The summed E-state index contributed by atoms with van der Waals surface area (Å²) in [7, 11) is 0. The zero-order chi connectivity index (χ0) is 23.3. The number of hydrogen-bond donors (Lipinski definition) is 2. The molecule has 32 heavy (non-hydrogen) atoms. The lowest BCUT2D eigenvalue weighted by Gasteiger charge is -2.43. The molecular formula is C25H28BrNO5. The van der Waals surface area contributed by atoms with Crippen molar-refractivity contribution in [2.75, 3.05) is 18.5 Å². The van der Waals surface area contributed by atoms with Gasteiger partial charge in [0.1, 0.15) is 0 Å². The van der Waals surface area contributed by atoms with Gasteiger partial charge in [-0.05, 0) is 50.6 Å². The number of ether oxygens (including phenoxy) is 2. The molecule has 0 radical (unpaired) electrons. The molecule has 0 saturated carbocycles. The predicted octanol–water partition coefficient (Wildman–Crippen LogP) is 4.80. The molecule has 1 aliphatic carbocycles. The van der Waals surface area contributed by atoms with Crippen molar-refractivity contribution >= 4 is 33.6 Å². The average Bonchev–Trinajstić information content (AvgIpc) is 2.75. The normalized spacial score (nSPS) is 22.9. The lowest BCUT2D eigenvalue weighted by molar-refractivity contribution is -0.159. The Kier molecular flexibility index (Phi) is 7.74. The van der Waals surface area contributed by atoms with Crippen molar-refractivity contribution in [1.82, 2.24) is 0 Å². The average molecular weight is 502 g/mol. The van der Waals surface area contributed by atoms with Gasteiger partial charge >= 0.3 is 11.9 Å². The molecule has 2 N–H and O–H groups in total. The first-order valence-electron chi connectivity index (χ1n) is 10.6. The van der Waals surface area contributed by atoms with E-state index in [9.17, 15) is 14.7 Å². The van der Waals surface area contributed by atoms with Gasteiger partial charge in [0.05, 0.1) is 30.3 Å². The summed E-state index contributed by atoms with van der Waals surface area (Å²) in [6.45, 7) is 5.43. The fourth-order valence-corrected chi connectivity index (χ4v) is 4.46. The number of aliphatic hydroxyl groups is 1. The molecule has 0 amide bonds. The molecule has 0 unspecified atom stereocenters. The van der Waals surface area contributed by atoms with Gasteiger partial charge in [0.2, 0.25) is 0 Å². The standard InChI is InChI=1S/C25H28BrNO5/c1-4-31-23(28)21-19(27-18-13-11-17(26)12-14-18)15-25(3,30)22(24(29)32-5-2)20(21)16-9-7-6-8-10-16/h6-14,20,22,27,30H,4-5,15H2,1-3H3/t20-,22+,25-/m0/s1. The first-order valence-corrected chi connectivity index (χ1v) is 11.4. The van der Waals surface area contributed by atoms with Gasteiger partial charge in [0, 0.05) is 28.2 Å². The summed E-state index contributed by atoms with van der Waals surface area (Å²) in [6, 6.07) is 16.7. The van der Waals surface area contributed by atoms with Gasteiger partial charge in [-0.25, -0.2) is 4.79 Å². The molecule has 3 rings (SSSR count). The fraction of sp³-hybridized carbons (Fsp3) is 0.360. The van der Waals surface area contributed by atoms with Crippen molar-refractivity contribution in [3.63, 3.8) is 0 Å². The van der Waals surface area contributed by atoms with E-state index in [2.05, 4.69) is 21.2 Å². The Labute approximate surface area is 196 Å². The first kappa shape index (κ1) is 24.0. The summed E-state index contributed by atoms with van der Waals surface area (Å²) in [4.78, 5) is 26.3. The summed E-state index contributed by atoms with van der Waals surface area (Å²) in [5, 5.41) is 14.7. The second kappa shape index (κ2) is 10.3. The van der Waals surface area contributed by atoms with Crippen LogP contribution in [0.15, 0.2) is 70.3 Å². The molecule has 0 aliphatic heterocycles. The summed E-state index contributed by atoms with van der Waals surface area (Å²) in [5.74, 6) is -2.78. The summed E-state index contributed by atoms with van der Waals surface area (Å²) in [6.07, 6.45) is 0.0595. The van der Waals surface area contributed by atoms with Gasteiger partial charge in [-0.1, -0.05) is 46.3 Å². The van der Waals surface area contributed by atoms with E-state index in [1.165, 1.54) is 0 Å². The minimum atomic E-state index is -1.46. The highest BCUT2D eigenvalue weighted by Crippen LogP contribution is 2.48. The van der Waals surface area contributed by atoms with Gasteiger partial charge in [-0.3, -0.25) is 4.79 Å². The number of esters is 2. The van der Waals surface area contributed by atoms with Crippen LogP contribution in [0, 0.1) is 5.92 Å². The molecule has 2 aromatic carbocycles. The number of carbonyl (C=O) groups is 2. The Morgan fingerprint density at radius 2 is 1.69 bits per heavy atom. The monoisotopic (exact) mass is 501 g/mol. The molecule has 0 spiro atoms. The van der Waals surface area contributed by atoms with Crippen molar-refractivity contribution in [2.24, 2.45) is 5.92 Å². The summed E-state index contributed by atoms with van der Waals surface area (Å²) < 4.78 is 11.6. The molecule has 0 fully saturated rings. The quantitative estimate of drug-likeness (QED) is 0.530. The summed E-state index contributed by atoms with van der Waals surface area (Å²) >= 11 is 3.42. The van der Waals surface area contributed by atoms with Crippen molar-refractivity contribution < 1.29 is 24.2 Å². The SMILES string of the molecule is CCOC(=O)C1=C(Nc2ccc(Br)cc2)C[C@](C)(O)[C@@H](C(=O)OCC)[C@H]1c1ccccc1. The molecule has 1 aliphatic rings. The number of benzene rings is 2. The number of hydrogen-bond acceptors (Lipinski definition) is 6. The molecule has 0 saturated heterocycles. The van der Waals surface area contributed by atoms with E-state index in [0.717, 1.165) is 15.7 Å². The van der Waals surface area contributed by atoms with E-state index in [1.807, 2.05) is 54.6 Å². The van der Waals surface area contributed by atoms with E-state index in [1.54, 1.807) is 20.8 Å². The van der Waals surface area contributed by atoms with Gasteiger partial charge in [-0.15, -0.1) is 0 Å². The van der Waals surface area contributed by atoms with E-state index >= 15 is 0 Å². The molecule has 170 valence electrons. The molecule has 0 bridgehead atoms. The van der Waals surface area contributed by atoms with Crippen LogP contribution in [0.4, 0.5) is 5.69 Å². The maximum atomic E-state index is 13.2. The van der Waals surface area contributed by atoms with Gasteiger partial charge in [0.15, 0.2) is 0 Å². The van der Waals surface area contributed by atoms with E-state index in [-0.39, 0.29) is 19.6 Å². The second-order valence-electron chi connectivity index (χ2n) is 7.90. The predicted molar refractivity (Wildman–Crippen MR) is 126 cm³/mol. The fourth-order valence-electron chi connectivity index (χ4n) is 4.20. The van der Waals surface area contributed by atoms with Crippen LogP contribution < -0.4 is 5.32 Å². The zero-order valence-corrected chi connectivity index (χ0v) is 20.0. The number of halogens is 1. The molecule has 2 aromatic rings. The lowest BCUT2D eigenvalue weighted by Crippen LogP contribution is -2.49. The van der Waals surface area contributed by atoms with Crippen molar-refractivity contribution in [2.45, 2.75) is 38.7 Å². The van der Waals surface area contributed by atoms with Crippen LogP contribution in [0.1, 0.15) is 38.7 Å². The molecule has 7 heteroatoms. The highest BCUT2D eigenvalue weighted by Gasteiger charge is 2.52. The highest BCUT2D eigenvalue weighted by molar-refractivity contribution is 9.10. The third-order valence-corrected chi connectivity index (χ3v) is 6.04. The summed E-state index contributed by atoms with van der Waals surface area (Å²) in [5.41, 5.74) is 0.863. The van der Waals surface area contributed by atoms with E-state index < -0.39 is 29.4 Å². The van der Waals surface area contributed by atoms with Crippen molar-refractivity contribution in [3.8, 4) is 0 Å². The van der Waals surface area contributed by atoms with Gasteiger partial charge < -0.3 is 19.9 Å². The maximum absolute atomic E-state index is 13.2. The van der Waals surface area contributed by atoms with Crippen LogP contribution in [0.25, 0.3) is 0 Å². The topological polar surface area (TPSA) is 84.9 Å². The van der Waals surface area contributed by atoms with Gasteiger partial charge in [0.25, 0.3) is 0 Å². The number of carbonyl (C=O) groups excluding carboxylic acids is 2. The van der Waals surface area contributed by atoms with Crippen molar-refractivity contribution in [1.29, 1.82) is 0 Å². The number of rotatable bonds is 7. The first-order chi connectivity index (χ1) is 15.3. The molecule has 3 atom stereocenters. The molecule has 0 aromatic heterocycles.